The molecule has 0 aliphatic carbocycles. The summed E-state index contributed by atoms with van der Waals surface area (Å²) in [4.78, 5) is 10.5. The molecule has 0 N–H and O–H groups in total. The Labute approximate surface area is 317 Å². The van der Waals surface area contributed by atoms with Crippen LogP contribution in [-0.4, -0.2) is 9.97 Å². The largest absolute Gasteiger partial charge is 0.251 e. The fourth-order valence-electron chi connectivity index (χ4n) is 8.15. The van der Waals surface area contributed by atoms with Crippen molar-refractivity contribution in [3.63, 3.8) is 0 Å². The number of aromatic nitrogens is 2. The van der Waals surface area contributed by atoms with Crippen molar-refractivity contribution in [2.75, 3.05) is 0 Å². The van der Waals surface area contributed by atoms with Crippen LogP contribution in [0, 0.1) is 13.8 Å². The number of unbranched alkanes of at least 4 members (excludes halogenated alkanes) is 12. The van der Waals surface area contributed by atoms with E-state index < -0.39 is 0 Å². The molecule has 0 saturated carbocycles. The van der Waals surface area contributed by atoms with Crippen LogP contribution in [0.2, 0.25) is 0 Å². The van der Waals surface area contributed by atoms with E-state index in [0.29, 0.717) is 0 Å². The normalized spacial score (nSPS) is 11.7. The molecule has 0 fully saturated rings. The zero-order chi connectivity index (χ0) is 36.7. The third-order valence-corrected chi connectivity index (χ3v) is 11.0. The molecule has 5 rings (SSSR count). The fourth-order valence-corrected chi connectivity index (χ4v) is 8.15. The van der Waals surface area contributed by atoms with Crippen molar-refractivity contribution in [3.8, 4) is 22.3 Å². The topological polar surface area (TPSA) is 25.8 Å². The second-order valence-corrected chi connectivity index (χ2v) is 15.8. The summed E-state index contributed by atoms with van der Waals surface area (Å²) in [6, 6.07) is 24.2. The van der Waals surface area contributed by atoms with E-state index >= 15 is 0 Å². The highest BCUT2D eigenvalue weighted by Gasteiger charge is 2.16. The van der Waals surface area contributed by atoms with E-state index in [9.17, 15) is 0 Å². The molecular weight excluding hydrogens is 629 g/mol. The van der Waals surface area contributed by atoms with Gasteiger partial charge in [-0.25, -0.2) is 0 Å². The molecule has 0 aliphatic heterocycles. The maximum Gasteiger partial charge on any atom is 0.0974 e. The van der Waals surface area contributed by atoms with Gasteiger partial charge < -0.3 is 0 Å². The molecule has 0 spiro atoms. The standard InChI is InChI=1S/C50H68N2/c1-7-11-15-19-23-39-31-40(24-20-16-12-8-2)34-43(33-39)47-29-37(5)51-49-45(47)27-28-46-48(30-38(6)52-50(46)49)44-35-41(25-21-17-13-9-3)32-42(36-44)26-22-18-14-10-4/h27-36H,7-26H2,1-6H3. The summed E-state index contributed by atoms with van der Waals surface area (Å²) in [6.07, 6.45) is 25.3. The van der Waals surface area contributed by atoms with Crippen molar-refractivity contribution in [2.24, 2.45) is 0 Å². The Morgan fingerprint density at radius 2 is 0.673 bits per heavy atom. The lowest BCUT2D eigenvalue weighted by Gasteiger charge is -2.16. The number of pyridine rings is 2. The van der Waals surface area contributed by atoms with Gasteiger partial charge in [0, 0.05) is 22.2 Å². The maximum absolute atomic E-state index is 5.24. The van der Waals surface area contributed by atoms with Crippen LogP contribution in [0.25, 0.3) is 44.1 Å². The lowest BCUT2D eigenvalue weighted by molar-refractivity contribution is 0.661. The molecule has 0 saturated heterocycles. The van der Waals surface area contributed by atoms with Crippen molar-refractivity contribution in [1.29, 1.82) is 0 Å². The third kappa shape index (κ3) is 11.0. The summed E-state index contributed by atoms with van der Waals surface area (Å²) in [6.45, 7) is 13.5. The highest BCUT2D eigenvalue weighted by Crippen LogP contribution is 2.38. The molecule has 2 nitrogen and oxygen atoms in total. The monoisotopic (exact) mass is 697 g/mol. The van der Waals surface area contributed by atoms with Crippen molar-refractivity contribution >= 4 is 21.8 Å². The van der Waals surface area contributed by atoms with Gasteiger partial charge in [0.05, 0.1) is 11.0 Å². The Morgan fingerprint density at radius 3 is 0.962 bits per heavy atom. The first-order valence-electron chi connectivity index (χ1n) is 21.4. The quantitative estimate of drug-likeness (QED) is 0.0532. The molecule has 3 aromatic carbocycles. The number of fused-ring (bicyclic) bond motifs is 3. The SMILES string of the molecule is CCCCCCc1cc(CCCCCC)cc(-c2cc(C)nc3c2ccc2c(-c4cc(CCCCCC)cc(CCCCCC)c4)cc(C)nc23)c1. The molecule has 2 heteroatoms. The summed E-state index contributed by atoms with van der Waals surface area (Å²) in [5, 5.41) is 2.42. The number of nitrogens with zero attached hydrogens (tertiary/aromatic N) is 2. The zero-order valence-electron chi connectivity index (χ0n) is 33.8. The van der Waals surface area contributed by atoms with Gasteiger partial charge in [-0.15, -0.1) is 0 Å². The van der Waals surface area contributed by atoms with E-state index in [1.54, 1.807) is 0 Å². The number of benzene rings is 3. The van der Waals surface area contributed by atoms with Crippen molar-refractivity contribution in [3.05, 3.63) is 94.3 Å². The number of aryl methyl sites for hydroxylation is 6. The number of hydrogen-bond donors (Lipinski definition) is 0. The molecule has 0 bridgehead atoms. The van der Waals surface area contributed by atoms with Crippen molar-refractivity contribution in [1.82, 2.24) is 9.97 Å². The molecule has 5 aromatic rings. The van der Waals surface area contributed by atoms with E-state index in [-0.39, 0.29) is 0 Å². The molecular formula is C50H68N2. The van der Waals surface area contributed by atoms with Crippen LogP contribution >= 0.6 is 0 Å². The first-order chi connectivity index (χ1) is 25.4. The average Bonchev–Trinajstić information content (AvgIpc) is 3.14. The second kappa shape index (κ2) is 20.6. The van der Waals surface area contributed by atoms with Crippen LogP contribution in [0.4, 0.5) is 0 Å². The highest BCUT2D eigenvalue weighted by atomic mass is 14.8. The first-order valence-corrected chi connectivity index (χ1v) is 21.4. The van der Waals surface area contributed by atoms with E-state index in [1.807, 2.05) is 0 Å². The van der Waals surface area contributed by atoms with Gasteiger partial charge in [-0.1, -0.05) is 153 Å². The Hall–Kier alpha value is -3.52. The number of hydrogen-bond acceptors (Lipinski definition) is 2. The Kier molecular flexibility index (Phi) is 15.8. The summed E-state index contributed by atoms with van der Waals surface area (Å²) < 4.78 is 0. The van der Waals surface area contributed by atoms with Crippen LogP contribution in [0.15, 0.2) is 60.7 Å². The predicted octanol–water partition coefficient (Wildman–Crippen LogP) is 15.2. The van der Waals surface area contributed by atoms with Crippen LogP contribution in [0.3, 0.4) is 0 Å². The number of rotatable bonds is 22. The van der Waals surface area contributed by atoms with Gasteiger partial charge in [-0.05, 0) is 122 Å². The lowest BCUT2D eigenvalue weighted by atomic mass is 9.90. The van der Waals surface area contributed by atoms with Crippen molar-refractivity contribution in [2.45, 2.75) is 170 Å². The van der Waals surface area contributed by atoms with Crippen molar-refractivity contribution < 1.29 is 0 Å². The Balaban J connectivity index is 1.59. The van der Waals surface area contributed by atoms with Gasteiger partial charge in [0.25, 0.3) is 0 Å². The molecule has 278 valence electrons. The second-order valence-electron chi connectivity index (χ2n) is 15.8. The van der Waals surface area contributed by atoms with Crippen LogP contribution < -0.4 is 0 Å². The van der Waals surface area contributed by atoms with E-state index in [4.69, 9.17) is 9.97 Å². The molecule has 0 amide bonds. The van der Waals surface area contributed by atoms with Gasteiger partial charge >= 0.3 is 0 Å². The maximum atomic E-state index is 5.24. The average molecular weight is 697 g/mol. The third-order valence-electron chi connectivity index (χ3n) is 11.0. The minimum absolute atomic E-state index is 1.03. The molecule has 0 atom stereocenters. The first kappa shape index (κ1) is 39.7. The zero-order valence-corrected chi connectivity index (χ0v) is 33.8. The summed E-state index contributed by atoms with van der Waals surface area (Å²) in [7, 11) is 0. The smallest absolute Gasteiger partial charge is 0.0974 e. The molecule has 2 aromatic heterocycles. The highest BCUT2D eigenvalue weighted by molar-refractivity contribution is 6.12. The van der Waals surface area contributed by atoms with Crippen LogP contribution in [0.1, 0.15) is 164 Å². The van der Waals surface area contributed by atoms with E-state index in [1.165, 1.54) is 158 Å². The lowest BCUT2D eigenvalue weighted by Crippen LogP contribution is -1.98. The van der Waals surface area contributed by atoms with Crippen LogP contribution in [-0.2, 0) is 25.7 Å². The molecule has 0 unspecified atom stereocenters. The summed E-state index contributed by atoms with van der Waals surface area (Å²) in [5.41, 5.74) is 15.4. The Bertz CT molecular complexity index is 1670. The Morgan fingerprint density at radius 1 is 0.365 bits per heavy atom. The molecule has 0 aliphatic rings. The van der Waals surface area contributed by atoms with Crippen LogP contribution in [0.5, 0.6) is 0 Å². The molecule has 0 radical (unpaired) electrons. The van der Waals surface area contributed by atoms with Gasteiger partial charge in [-0.3, -0.25) is 9.97 Å². The minimum atomic E-state index is 1.03. The van der Waals surface area contributed by atoms with Gasteiger partial charge in [-0.2, -0.15) is 0 Å². The summed E-state index contributed by atoms with van der Waals surface area (Å²) in [5.74, 6) is 0. The summed E-state index contributed by atoms with van der Waals surface area (Å²) >= 11 is 0. The minimum Gasteiger partial charge on any atom is -0.251 e. The van der Waals surface area contributed by atoms with Gasteiger partial charge in [0.1, 0.15) is 0 Å². The van der Waals surface area contributed by atoms with E-state index in [2.05, 4.69) is 102 Å². The predicted molar refractivity (Wildman–Crippen MR) is 229 cm³/mol. The molecule has 52 heavy (non-hydrogen) atoms. The van der Waals surface area contributed by atoms with Gasteiger partial charge in [0.15, 0.2) is 0 Å². The van der Waals surface area contributed by atoms with E-state index in [0.717, 1.165) is 48.1 Å². The molecule has 2 heterocycles. The van der Waals surface area contributed by atoms with Gasteiger partial charge in [0.2, 0.25) is 0 Å². The fraction of sp³-hybridized carbons (Fsp3) is 0.520.